The molecule has 3 N–H and O–H groups in total. The Morgan fingerprint density at radius 2 is 1.64 bits per heavy atom. The SMILES string of the molecule is CCC[NH+](CC(=O)Nc1ccc(CC#N)cc1)CC(=O)Nc1ccccc1C. The summed E-state index contributed by atoms with van der Waals surface area (Å²) in [5, 5.41) is 14.5. The minimum absolute atomic E-state index is 0.105. The fourth-order valence-corrected chi connectivity index (χ4v) is 2.96. The van der Waals surface area contributed by atoms with Gasteiger partial charge in [0.1, 0.15) is 0 Å². The highest BCUT2D eigenvalue weighted by molar-refractivity contribution is 5.93. The second kappa shape index (κ2) is 10.9. The maximum absolute atomic E-state index is 12.4. The number of carbonyl (C=O) groups excluding carboxylic acids is 2. The van der Waals surface area contributed by atoms with Crippen molar-refractivity contribution in [2.24, 2.45) is 0 Å². The average molecular weight is 379 g/mol. The van der Waals surface area contributed by atoms with Gasteiger partial charge in [-0.25, -0.2) is 0 Å². The first-order valence-corrected chi connectivity index (χ1v) is 9.46. The third-order valence-corrected chi connectivity index (χ3v) is 4.36. The highest BCUT2D eigenvalue weighted by Gasteiger charge is 2.18. The van der Waals surface area contributed by atoms with Gasteiger partial charge in [-0.15, -0.1) is 0 Å². The number of anilines is 2. The molecule has 146 valence electrons. The molecule has 2 aromatic carbocycles. The number of quaternary nitrogens is 1. The maximum atomic E-state index is 12.4. The highest BCUT2D eigenvalue weighted by Crippen LogP contribution is 2.12. The average Bonchev–Trinajstić information content (AvgIpc) is 2.65. The number of nitrogens with zero attached hydrogens (tertiary/aromatic N) is 1. The summed E-state index contributed by atoms with van der Waals surface area (Å²) in [6, 6.07) is 16.9. The summed E-state index contributed by atoms with van der Waals surface area (Å²) < 4.78 is 0. The first kappa shape index (κ1) is 21.1. The molecular weight excluding hydrogens is 352 g/mol. The second-order valence-electron chi connectivity index (χ2n) is 6.80. The first-order valence-electron chi connectivity index (χ1n) is 9.46. The van der Waals surface area contributed by atoms with Crippen LogP contribution in [-0.2, 0) is 16.0 Å². The quantitative estimate of drug-likeness (QED) is 0.622. The number of nitriles is 1. The number of hydrogen-bond acceptors (Lipinski definition) is 3. The maximum Gasteiger partial charge on any atom is 0.279 e. The number of amides is 2. The number of hydrogen-bond donors (Lipinski definition) is 3. The predicted octanol–water partition coefficient (Wildman–Crippen LogP) is 1.93. The Hall–Kier alpha value is -3.17. The van der Waals surface area contributed by atoms with Crippen molar-refractivity contribution in [2.75, 3.05) is 30.3 Å². The van der Waals surface area contributed by atoms with E-state index in [2.05, 4.69) is 16.7 Å². The van der Waals surface area contributed by atoms with E-state index < -0.39 is 0 Å². The van der Waals surface area contributed by atoms with Crippen LogP contribution in [0.1, 0.15) is 24.5 Å². The molecule has 0 aliphatic rings. The third-order valence-electron chi connectivity index (χ3n) is 4.36. The lowest BCUT2D eigenvalue weighted by Crippen LogP contribution is -3.14. The molecule has 0 aliphatic carbocycles. The van der Waals surface area contributed by atoms with E-state index in [-0.39, 0.29) is 24.9 Å². The van der Waals surface area contributed by atoms with Gasteiger partial charge in [0, 0.05) is 11.4 Å². The summed E-state index contributed by atoms with van der Waals surface area (Å²) in [5.41, 5.74) is 3.40. The molecule has 0 heterocycles. The van der Waals surface area contributed by atoms with Crippen LogP contribution in [0.25, 0.3) is 0 Å². The summed E-state index contributed by atoms with van der Waals surface area (Å²) in [6.45, 7) is 5.16. The van der Waals surface area contributed by atoms with E-state index in [0.717, 1.165) is 34.7 Å². The Labute approximate surface area is 166 Å². The molecule has 1 unspecified atom stereocenters. The molecule has 6 heteroatoms. The molecule has 0 bridgehead atoms. The first-order chi connectivity index (χ1) is 13.5. The monoisotopic (exact) mass is 379 g/mol. The van der Waals surface area contributed by atoms with Gasteiger partial charge in [0.25, 0.3) is 11.8 Å². The standard InChI is InChI=1S/C22H26N4O2/c1-3-14-26(16-22(28)25-20-7-5-4-6-17(20)2)15-21(27)24-19-10-8-18(9-11-19)12-13-23/h4-11H,3,12,14-16H2,1-2H3,(H,24,27)(H,25,28)/p+1. The molecule has 0 saturated heterocycles. The van der Waals surface area contributed by atoms with Crippen molar-refractivity contribution in [3.63, 3.8) is 0 Å². The van der Waals surface area contributed by atoms with Crippen LogP contribution in [0.2, 0.25) is 0 Å². The Kier molecular flexibility index (Phi) is 8.19. The molecule has 28 heavy (non-hydrogen) atoms. The smallest absolute Gasteiger partial charge is 0.279 e. The van der Waals surface area contributed by atoms with Crippen molar-refractivity contribution in [1.82, 2.24) is 0 Å². The number of carbonyl (C=O) groups is 2. The lowest BCUT2D eigenvalue weighted by Gasteiger charge is -2.18. The zero-order chi connectivity index (χ0) is 20.4. The summed E-state index contributed by atoms with van der Waals surface area (Å²) in [4.78, 5) is 25.7. The van der Waals surface area contributed by atoms with Gasteiger partial charge in [0.2, 0.25) is 0 Å². The molecule has 0 radical (unpaired) electrons. The summed E-state index contributed by atoms with van der Waals surface area (Å²) in [7, 11) is 0. The van der Waals surface area contributed by atoms with Gasteiger partial charge in [-0.1, -0.05) is 37.3 Å². The largest absolute Gasteiger partial charge is 0.321 e. The van der Waals surface area contributed by atoms with E-state index in [9.17, 15) is 9.59 Å². The van der Waals surface area contributed by atoms with E-state index in [4.69, 9.17) is 5.26 Å². The van der Waals surface area contributed by atoms with Crippen LogP contribution in [0.5, 0.6) is 0 Å². The van der Waals surface area contributed by atoms with Crippen molar-refractivity contribution in [3.8, 4) is 6.07 Å². The van der Waals surface area contributed by atoms with Gasteiger partial charge in [-0.3, -0.25) is 9.59 Å². The van der Waals surface area contributed by atoms with Crippen LogP contribution in [0.15, 0.2) is 48.5 Å². The van der Waals surface area contributed by atoms with E-state index in [1.807, 2.05) is 50.2 Å². The molecule has 2 rings (SSSR count). The van der Waals surface area contributed by atoms with Crippen LogP contribution in [-0.4, -0.2) is 31.4 Å². The van der Waals surface area contributed by atoms with Crippen LogP contribution >= 0.6 is 0 Å². The lowest BCUT2D eigenvalue weighted by atomic mass is 10.1. The van der Waals surface area contributed by atoms with Gasteiger partial charge in [-0.2, -0.15) is 5.26 Å². The molecule has 0 saturated carbocycles. The zero-order valence-electron chi connectivity index (χ0n) is 16.4. The predicted molar refractivity (Wildman–Crippen MR) is 110 cm³/mol. The number of rotatable bonds is 9. The Bertz CT molecular complexity index is 840. The minimum atomic E-state index is -0.139. The fourth-order valence-electron chi connectivity index (χ4n) is 2.96. The molecule has 2 aromatic rings. The molecule has 0 aliphatic heterocycles. The van der Waals surface area contributed by atoms with E-state index in [0.29, 0.717) is 12.1 Å². The fraction of sp³-hybridized carbons (Fsp3) is 0.318. The van der Waals surface area contributed by atoms with Crippen LogP contribution < -0.4 is 15.5 Å². The topological polar surface area (TPSA) is 86.4 Å². The van der Waals surface area contributed by atoms with Gasteiger partial charge in [0.05, 0.1) is 19.0 Å². The van der Waals surface area contributed by atoms with Gasteiger partial charge in [-0.05, 0) is 42.7 Å². The minimum Gasteiger partial charge on any atom is -0.321 e. The number of benzene rings is 2. The van der Waals surface area contributed by atoms with Crippen molar-refractivity contribution >= 4 is 23.2 Å². The molecule has 0 aromatic heterocycles. The van der Waals surface area contributed by atoms with Crippen LogP contribution in [0, 0.1) is 18.3 Å². The van der Waals surface area contributed by atoms with E-state index in [1.165, 1.54) is 0 Å². The summed E-state index contributed by atoms with van der Waals surface area (Å²) >= 11 is 0. The molecule has 6 nitrogen and oxygen atoms in total. The van der Waals surface area contributed by atoms with Gasteiger partial charge in [0.15, 0.2) is 13.1 Å². The number of nitrogens with one attached hydrogen (secondary N) is 3. The molecule has 1 atom stereocenters. The van der Waals surface area contributed by atoms with E-state index in [1.54, 1.807) is 12.1 Å². The van der Waals surface area contributed by atoms with Gasteiger partial charge < -0.3 is 15.5 Å². The van der Waals surface area contributed by atoms with Gasteiger partial charge >= 0.3 is 0 Å². The normalized spacial score (nSPS) is 11.3. The number of aryl methyl sites for hydroxylation is 1. The van der Waals surface area contributed by atoms with E-state index >= 15 is 0 Å². The Balaban J connectivity index is 1.90. The molecular formula is C22H27N4O2+. The molecule has 0 fully saturated rings. The van der Waals surface area contributed by atoms with Crippen molar-refractivity contribution in [3.05, 3.63) is 59.7 Å². The third kappa shape index (κ3) is 6.86. The summed E-state index contributed by atoms with van der Waals surface area (Å²) in [5.74, 6) is -0.244. The van der Waals surface area contributed by atoms with Crippen LogP contribution in [0.3, 0.4) is 0 Å². The van der Waals surface area contributed by atoms with Crippen molar-refractivity contribution in [1.29, 1.82) is 5.26 Å². The lowest BCUT2D eigenvalue weighted by molar-refractivity contribution is -0.883. The molecule has 0 spiro atoms. The van der Waals surface area contributed by atoms with Crippen molar-refractivity contribution in [2.45, 2.75) is 26.7 Å². The zero-order valence-corrected chi connectivity index (χ0v) is 16.4. The Morgan fingerprint density at radius 3 is 2.25 bits per heavy atom. The molecule has 2 amide bonds. The second-order valence-corrected chi connectivity index (χ2v) is 6.80. The van der Waals surface area contributed by atoms with Crippen LogP contribution in [0.4, 0.5) is 11.4 Å². The number of para-hydroxylation sites is 1. The summed E-state index contributed by atoms with van der Waals surface area (Å²) in [6.07, 6.45) is 1.22. The van der Waals surface area contributed by atoms with Crippen molar-refractivity contribution < 1.29 is 14.5 Å². The highest BCUT2D eigenvalue weighted by atomic mass is 16.2. The Morgan fingerprint density at radius 1 is 1.00 bits per heavy atom.